The van der Waals surface area contributed by atoms with E-state index in [1.54, 1.807) is 0 Å². The van der Waals surface area contributed by atoms with Crippen molar-refractivity contribution in [1.82, 2.24) is 9.55 Å². The highest BCUT2D eigenvalue weighted by atomic mass is 15.1. The molecule has 0 atom stereocenters. The van der Waals surface area contributed by atoms with Crippen LogP contribution in [-0.4, -0.2) is 9.55 Å². The molecule has 0 unspecified atom stereocenters. The first-order valence-electron chi connectivity index (χ1n) is 3.99. The summed E-state index contributed by atoms with van der Waals surface area (Å²) in [6.07, 6.45) is 4.15. The molecule has 0 amide bonds. The summed E-state index contributed by atoms with van der Waals surface area (Å²) in [5.74, 6) is 0.966. The van der Waals surface area contributed by atoms with Crippen LogP contribution in [0.4, 0.5) is 0 Å². The quantitative estimate of drug-likeness (QED) is 0.699. The molecule has 3 nitrogen and oxygen atoms in total. The SMILES string of the molecule is CCCc1cnc(CN)n1C. The van der Waals surface area contributed by atoms with Crippen molar-refractivity contribution in [3.63, 3.8) is 0 Å². The lowest BCUT2D eigenvalue weighted by Gasteiger charge is -2.01. The van der Waals surface area contributed by atoms with Crippen molar-refractivity contribution in [3.8, 4) is 0 Å². The lowest BCUT2D eigenvalue weighted by atomic mass is 10.3. The van der Waals surface area contributed by atoms with Crippen molar-refractivity contribution < 1.29 is 0 Å². The normalized spacial score (nSPS) is 10.5. The number of hydrogen-bond acceptors (Lipinski definition) is 2. The van der Waals surface area contributed by atoms with Gasteiger partial charge < -0.3 is 10.3 Å². The van der Waals surface area contributed by atoms with E-state index >= 15 is 0 Å². The van der Waals surface area contributed by atoms with Crippen molar-refractivity contribution in [2.24, 2.45) is 12.8 Å². The van der Waals surface area contributed by atoms with Crippen molar-refractivity contribution in [1.29, 1.82) is 0 Å². The molecular formula is C8H15N3. The summed E-state index contributed by atoms with van der Waals surface area (Å²) in [5, 5.41) is 0. The smallest absolute Gasteiger partial charge is 0.122 e. The molecule has 2 N–H and O–H groups in total. The Morgan fingerprint density at radius 2 is 2.36 bits per heavy atom. The van der Waals surface area contributed by atoms with Crippen LogP contribution in [0, 0.1) is 0 Å². The lowest BCUT2D eigenvalue weighted by molar-refractivity contribution is 0.733. The Morgan fingerprint density at radius 1 is 1.64 bits per heavy atom. The molecule has 1 aromatic rings. The minimum Gasteiger partial charge on any atom is -0.334 e. The van der Waals surface area contributed by atoms with Crippen LogP contribution in [0.5, 0.6) is 0 Å². The maximum atomic E-state index is 5.48. The van der Waals surface area contributed by atoms with Crippen LogP contribution in [0.1, 0.15) is 24.9 Å². The lowest BCUT2D eigenvalue weighted by Crippen LogP contribution is -2.06. The molecule has 1 heterocycles. The Kier molecular flexibility index (Phi) is 2.65. The Hall–Kier alpha value is -0.830. The highest BCUT2D eigenvalue weighted by Gasteiger charge is 2.02. The maximum Gasteiger partial charge on any atom is 0.122 e. The van der Waals surface area contributed by atoms with Gasteiger partial charge in [0.2, 0.25) is 0 Å². The molecule has 0 bridgehead atoms. The third-order valence-electron chi connectivity index (χ3n) is 1.87. The number of aromatic nitrogens is 2. The summed E-state index contributed by atoms with van der Waals surface area (Å²) in [6.45, 7) is 2.69. The molecule has 0 saturated carbocycles. The average molecular weight is 153 g/mol. The maximum absolute atomic E-state index is 5.48. The predicted octanol–water partition coefficient (Wildman–Crippen LogP) is 0.831. The molecule has 0 aliphatic rings. The fraction of sp³-hybridized carbons (Fsp3) is 0.625. The van der Waals surface area contributed by atoms with Crippen LogP contribution >= 0.6 is 0 Å². The van der Waals surface area contributed by atoms with Gasteiger partial charge in [-0.15, -0.1) is 0 Å². The van der Waals surface area contributed by atoms with Crippen LogP contribution < -0.4 is 5.73 Å². The van der Waals surface area contributed by atoms with Crippen LogP contribution in [0.3, 0.4) is 0 Å². The molecule has 0 fully saturated rings. The second-order valence-electron chi connectivity index (χ2n) is 2.68. The third-order valence-corrected chi connectivity index (χ3v) is 1.87. The standard InChI is InChI=1S/C8H15N3/c1-3-4-7-6-10-8(5-9)11(7)2/h6H,3-5,9H2,1-2H3. The minimum atomic E-state index is 0.528. The monoisotopic (exact) mass is 153 g/mol. The van der Waals surface area contributed by atoms with E-state index in [9.17, 15) is 0 Å². The van der Waals surface area contributed by atoms with Gasteiger partial charge in [-0.05, 0) is 6.42 Å². The molecule has 1 rings (SSSR count). The Bertz CT molecular complexity index is 227. The van der Waals surface area contributed by atoms with Gasteiger partial charge in [0, 0.05) is 18.9 Å². The van der Waals surface area contributed by atoms with E-state index in [-0.39, 0.29) is 0 Å². The Labute approximate surface area is 67.2 Å². The second-order valence-corrected chi connectivity index (χ2v) is 2.68. The Morgan fingerprint density at radius 3 is 2.82 bits per heavy atom. The molecule has 62 valence electrons. The highest BCUT2D eigenvalue weighted by molar-refractivity contribution is 5.04. The van der Waals surface area contributed by atoms with Crippen LogP contribution in [0.25, 0.3) is 0 Å². The highest BCUT2D eigenvalue weighted by Crippen LogP contribution is 2.04. The van der Waals surface area contributed by atoms with Gasteiger partial charge in [0.1, 0.15) is 5.82 Å². The first-order valence-corrected chi connectivity index (χ1v) is 3.99. The van der Waals surface area contributed by atoms with E-state index < -0.39 is 0 Å². The molecule has 0 spiro atoms. The van der Waals surface area contributed by atoms with Gasteiger partial charge in [0.15, 0.2) is 0 Å². The number of aryl methyl sites for hydroxylation is 1. The zero-order valence-electron chi connectivity index (χ0n) is 7.17. The van der Waals surface area contributed by atoms with Crippen molar-refractivity contribution in [2.45, 2.75) is 26.3 Å². The number of hydrogen-bond donors (Lipinski definition) is 1. The van der Waals surface area contributed by atoms with Gasteiger partial charge in [-0.3, -0.25) is 0 Å². The van der Waals surface area contributed by atoms with Crippen LogP contribution in [0.15, 0.2) is 6.20 Å². The van der Waals surface area contributed by atoms with Gasteiger partial charge in [0.25, 0.3) is 0 Å². The van der Waals surface area contributed by atoms with Crippen molar-refractivity contribution >= 4 is 0 Å². The Balaban J connectivity index is 2.82. The van der Waals surface area contributed by atoms with E-state index in [0.29, 0.717) is 6.54 Å². The van der Waals surface area contributed by atoms with Crippen LogP contribution in [0.2, 0.25) is 0 Å². The molecule has 0 aliphatic carbocycles. The summed E-state index contributed by atoms with van der Waals surface area (Å²) in [4.78, 5) is 4.19. The molecular weight excluding hydrogens is 138 g/mol. The fourth-order valence-electron chi connectivity index (χ4n) is 1.17. The number of nitrogens with two attached hydrogens (primary N) is 1. The van der Waals surface area contributed by atoms with Gasteiger partial charge in [-0.25, -0.2) is 4.98 Å². The molecule has 0 radical (unpaired) electrons. The third kappa shape index (κ3) is 1.60. The van der Waals surface area contributed by atoms with E-state index in [0.717, 1.165) is 18.7 Å². The number of nitrogens with zero attached hydrogens (tertiary/aromatic N) is 2. The summed E-state index contributed by atoms with van der Waals surface area (Å²) in [6, 6.07) is 0. The zero-order chi connectivity index (χ0) is 8.27. The van der Waals surface area contributed by atoms with Crippen molar-refractivity contribution in [3.05, 3.63) is 17.7 Å². The molecule has 0 aromatic carbocycles. The summed E-state index contributed by atoms with van der Waals surface area (Å²) >= 11 is 0. The van der Waals surface area contributed by atoms with Crippen molar-refractivity contribution in [2.75, 3.05) is 0 Å². The topological polar surface area (TPSA) is 43.8 Å². The van der Waals surface area contributed by atoms with Gasteiger partial charge in [-0.2, -0.15) is 0 Å². The fourth-order valence-corrected chi connectivity index (χ4v) is 1.17. The zero-order valence-corrected chi connectivity index (χ0v) is 7.17. The summed E-state index contributed by atoms with van der Waals surface area (Å²) in [7, 11) is 2.01. The largest absolute Gasteiger partial charge is 0.334 e. The molecule has 1 aromatic heterocycles. The van der Waals surface area contributed by atoms with E-state index in [1.165, 1.54) is 5.69 Å². The average Bonchev–Trinajstić information content (AvgIpc) is 2.34. The molecule has 0 aliphatic heterocycles. The predicted molar refractivity (Wildman–Crippen MR) is 45.1 cm³/mol. The first kappa shape index (κ1) is 8.27. The molecule has 0 saturated heterocycles. The molecule has 11 heavy (non-hydrogen) atoms. The van der Waals surface area contributed by atoms with Gasteiger partial charge >= 0.3 is 0 Å². The van der Waals surface area contributed by atoms with E-state index in [1.807, 2.05) is 13.2 Å². The van der Waals surface area contributed by atoms with E-state index in [4.69, 9.17) is 5.73 Å². The summed E-state index contributed by atoms with van der Waals surface area (Å²) < 4.78 is 2.07. The number of rotatable bonds is 3. The molecule has 3 heteroatoms. The van der Waals surface area contributed by atoms with E-state index in [2.05, 4.69) is 16.5 Å². The number of imidazole rings is 1. The van der Waals surface area contributed by atoms with Gasteiger partial charge in [-0.1, -0.05) is 13.3 Å². The van der Waals surface area contributed by atoms with Gasteiger partial charge in [0.05, 0.1) is 6.54 Å². The summed E-state index contributed by atoms with van der Waals surface area (Å²) in [5.41, 5.74) is 6.75. The second kappa shape index (κ2) is 3.53. The minimum absolute atomic E-state index is 0.528. The van der Waals surface area contributed by atoms with Crippen LogP contribution in [-0.2, 0) is 20.0 Å². The first-order chi connectivity index (χ1) is 5.29.